The van der Waals surface area contributed by atoms with Crippen molar-refractivity contribution < 1.29 is 9.18 Å². The summed E-state index contributed by atoms with van der Waals surface area (Å²) in [6.45, 7) is -0.151. The molecule has 24 heavy (non-hydrogen) atoms. The Balaban J connectivity index is 1.86. The molecule has 0 aliphatic heterocycles. The molecule has 0 spiro atoms. The van der Waals surface area contributed by atoms with Gasteiger partial charge in [0.15, 0.2) is 0 Å². The van der Waals surface area contributed by atoms with Crippen molar-refractivity contribution in [3.63, 3.8) is 0 Å². The average Bonchev–Trinajstić information content (AvgIpc) is 2.58. The molecule has 3 rings (SSSR count). The first-order chi connectivity index (χ1) is 11.5. The van der Waals surface area contributed by atoms with Crippen LogP contribution >= 0.6 is 0 Å². The molecule has 0 fully saturated rings. The number of pyridine rings is 1. The van der Waals surface area contributed by atoms with E-state index in [4.69, 9.17) is 0 Å². The van der Waals surface area contributed by atoms with Gasteiger partial charge in [0.2, 0.25) is 5.91 Å². The second kappa shape index (κ2) is 6.45. The first kappa shape index (κ1) is 15.6. The number of amides is 1. The molecule has 0 aliphatic rings. The number of hydrogen-bond acceptors (Lipinski definition) is 4. The van der Waals surface area contributed by atoms with E-state index in [-0.39, 0.29) is 24.1 Å². The minimum atomic E-state index is -0.911. The summed E-state index contributed by atoms with van der Waals surface area (Å²) in [6, 6.07) is 8.89. The predicted molar refractivity (Wildman–Crippen MR) is 84.9 cm³/mol. The molecule has 0 atom stereocenters. The van der Waals surface area contributed by atoms with E-state index in [1.54, 1.807) is 24.4 Å². The largest absolute Gasteiger partial charge is 0.349 e. The molecule has 122 valence electrons. The molecule has 7 nitrogen and oxygen atoms in total. The van der Waals surface area contributed by atoms with Crippen LogP contribution in [0.3, 0.4) is 0 Å². The highest BCUT2D eigenvalue weighted by molar-refractivity contribution is 5.79. The van der Waals surface area contributed by atoms with Gasteiger partial charge in [-0.15, -0.1) is 0 Å². The highest BCUT2D eigenvalue weighted by Crippen LogP contribution is 2.10. The summed E-state index contributed by atoms with van der Waals surface area (Å²) < 4.78 is 14.3. The maximum absolute atomic E-state index is 13.3. The first-order valence-corrected chi connectivity index (χ1v) is 7.13. The summed E-state index contributed by atoms with van der Waals surface area (Å²) in [5.74, 6) is -1.01. The molecule has 8 heteroatoms. The SMILES string of the molecule is O=C(Cn1c(=O)c(=O)[nH]c2cc(F)ccc21)NCc1ccccn1. The van der Waals surface area contributed by atoms with Crippen molar-refractivity contribution in [2.75, 3.05) is 0 Å². The molecule has 0 bridgehead atoms. The van der Waals surface area contributed by atoms with E-state index >= 15 is 0 Å². The maximum atomic E-state index is 13.3. The summed E-state index contributed by atoms with van der Waals surface area (Å²) in [5, 5.41) is 2.62. The van der Waals surface area contributed by atoms with Crippen molar-refractivity contribution in [2.45, 2.75) is 13.1 Å². The van der Waals surface area contributed by atoms with Crippen molar-refractivity contribution in [1.29, 1.82) is 0 Å². The lowest BCUT2D eigenvalue weighted by atomic mass is 10.3. The number of carbonyl (C=O) groups excluding carboxylic acids is 1. The van der Waals surface area contributed by atoms with E-state index in [2.05, 4.69) is 15.3 Å². The number of halogens is 1. The van der Waals surface area contributed by atoms with Crippen molar-refractivity contribution in [1.82, 2.24) is 19.9 Å². The zero-order valence-electron chi connectivity index (χ0n) is 12.5. The highest BCUT2D eigenvalue weighted by atomic mass is 19.1. The van der Waals surface area contributed by atoms with Crippen LogP contribution in [0.2, 0.25) is 0 Å². The Hall–Kier alpha value is -3.29. The number of fused-ring (bicyclic) bond motifs is 1. The van der Waals surface area contributed by atoms with Gasteiger partial charge < -0.3 is 10.3 Å². The van der Waals surface area contributed by atoms with Gasteiger partial charge in [-0.05, 0) is 30.3 Å². The zero-order valence-corrected chi connectivity index (χ0v) is 12.5. The number of aromatic nitrogens is 3. The van der Waals surface area contributed by atoms with E-state index in [0.717, 1.165) is 16.7 Å². The fourth-order valence-electron chi connectivity index (χ4n) is 2.30. The normalized spacial score (nSPS) is 10.7. The minimum Gasteiger partial charge on any atom is -0.349 e. The number of H-pyrrole nitrogens is 1. The molecule has 1 amide bonds. The van der Waals surface area contributed by atoms with Gasteiger partial charge in [0.25, 0.3) is 0 Å². The molecule has 1 aromatic carbocycles. The zero-order chi connectivity index (χ0) is 17.1. The second-order valence-corrected chi connectivity index (χ2v) is 5.10. The molecule has 0 saturated carbocycles. The Kier molecular flexibility index (Phi) is 4.19. The topological polar surface area (TPSA) is 96.9 Å². The van der Waals surface area contributed by atoms with Gasteiger partial charge in [-0.25, -0.2) is 4.39 Å². The van der Waals surface area contributed by atoms with Crippen LogP contribution in [-0.2, 0) is 17.9 Å². The first-order valence-electron chi connectivity index (χ1n) is 7.13. The lowest BCUT2D eigenvalue weighted by Gasteiger charge is -2.10. The number of rotatable bonds is 4. The lowest BCUT2D eigenvalue weighted by Crippen LogP contribution is -2.40. The van der Waals surface area contributed by atoms with Gasteiger partial charge in [-0.3, -0.25) is 23.9 Å². The number of aromatic amines is 1. The average molecular weight is 328 g/mol. The summed E-state index contributed by atoms with van der Waals surface area (Å²) in [5.41, 5.74) is -0.699. The molecular weight excluding hydrogens is 315 g/mol. The van der Waals surface area contributed by atoms with Crippen molar-refractivity contribution in [3.8, 4) is 0 Å². The molecule has 0 saturated heterocycles. The molecule has 3 aromatic rings. The lowest BCUT2D eigenvalue weighted by molar-refractivity contribution is -0.121. The van der Waals surface area contributed by atoms with Crippen LogP contribution in [0.25, 0.3) is 11.0 Å². The van der Waals surface area contributed by atoms with Gasteiger partial charge >= 0.3 is 11.1 Å². The Labute approximate surface area is 134 Å². The van der Waals surface area contributed by atoms with E-state index in [0.29, 0.717) is 5.69 Å². The fourth-order valence-corrected chi connectivity index (χ4v) is 2.30. The predicted octanol–water partition coefficient (Wildman–Crippen LogP) is 0.540. The molecular formula is C16H13FN4O3. The number of carbonyl (C=O) groups is 1. The highest BCUT2D eigenvalue weighted by Gasteiger charge is 2.12. The molecule has 0 unspecified atom stereocenters. The number of benzene rings is 1. The number of hydrogen-bond donors (Lipinski definition) is 2. The number of nitrogens with zero attached hydrogens (tertiary/aromatic N) is 2. The quantitative estimate of drug-likeness (QED) is 0.683. The third-order valence-electron chi connectivity index (χ3n) is 3.43. The van der Waals surface area contributed by atoms with E-state index in [1.807, 2.05) is 0 Å². The van der Waals surface area contributed by atoms with Crippen molar-refractivity contribution >= 4 is 16.9 Å². The standard InChI is InChI=1S/C16H13FN4O3/c17-10-4-5-13-12(7-10)20-15(23)16(24)21(13)9-14(22)19-8-11-3-1-2-6-18-11/h1-7H,8-9H2,(H,19,22)(H,20,23). The second-order valence-electron chi connectivity index (χ2n) is 5.10. The maximum Gasteiger partial charge on any atom is 0.317 e. The van der Waals surface area contributed by atoms with Crippen molar-refractivity contribution in [3.05, 3.63) is 74.8 Å². The van der Waals surface area contributed by atoms with Crippen LogP contribution in [0.15, 0.2) is 52.2 Å². The molecule has 0 radical (unpaired) electrons. The smallest absolute Gasteiger partial charge is 0.317 e. The van der Waals surface area contributed by atoms with Gasteiger partial charge in [-0.2, -0.15) is 0 Å². The van der Waals surface area contributed by atoms with Crippen LogP contribution in [0.5, 0.6) is 0 Å². The molecule has 2 heterocycles. The van der Waals surface area contributed by atoms with Gasteiger partial charge in [-0.1, -0.05) is 6.07 Å². The molecule has 2 N–H and O–H groups in total. The van der Waals surface area contributed by atoms with Crippen LogP contribution in [0.4, 0.5) is 4.39 Å². The third kappa shape index (κ3) is 3.22. The summed E-state index contributed by atoms with van der Waals surface area (Å²) in [6.07, 6.45) is 1.60. The van der Waals surface area contributed by atoms with Crippen molar-refractivity contribution in [2.24, 2.45) is 0 Å². The number of nitrogens with one attached hydrogen (secondary N) is 2. The fraction of sp³-hybridized carbons (Fsp3) is 0.125. The summed E-state index contributed by atoms with van der Waals surface area (Å²) in [7, 11) is 0. The molecule has 2 aromatic heterocycles. The van der Waals surface area contributed by atoms with Crippen LogP contribution in [0.1, 0.15) is 5.69 Å². The van der Waals surface area contributed by atoms with Crippen LogP contribution < -0.4 is 16.4 Å². The minimum absolute atomic E-state index is 0.150. The monoisotopic (exact) mass is 328 g/mol. The van der Waals surface area contributed by atoms with E-state index in [1.165, 1.54) is 6.07 Å². The van der Waals surface area contributed by atoms with Gasteiger partial charge in [0.05, 0.1) is 23.3 Å². The summed E-state index contributed by atoms with van der Waals surface area (Å²) in [4.78, 5) is 42.1. The third-order valence-corrected chi connectivity index (χ3v) is 3.43. The van der Waals surface area contributed by atoms with Gasteiger partial charge in [0, 0.05) is 6.20 Å². The Morgan fingerprint density at radius 3 is 2.83 bits per heavy atom. The van der Waals surface area contributed by atoms with Crippen LogP contribution in [-0.4, -0.2) is 20.4 Å². The van der Waals surface area contributed by atoms with E-state index < -0.39 is 22.8 Å². The molecule has 0 aliphatic carbocycles. The Bertz CT molecular complexity index is 1010. The summed E-state index contributed by atoms with van der Waals surface area (Å²) >= 11 is 0. The van der Waals surface area contributed by atoms with Crippen LogP contribution in [0, 0.1) is 5.82 Å². The van der Waals surface area contributed by atoms with E-state index in [9.17, 15) is 18.8 Å². The van der Waals surface area contributed by atoms with Gasteiger partial charge in [0.1, 0.15) is 12.4 Å². The Morgan fingerprint density at radius 1 is 1.25 bits per heavy atom. The Morgan fingerprint density at radius 2 is 2.08 bits per heavy atom.